The average molecular weight is 238 g/mol. The van der Waals surface area contributed by atoms with Crippen molar-refractivity contribution < 1.29 is 8.78 Å². The van der Waals surface area contributed by atoms with Crippen molar-refractivity contribution in [3.63, 3.8) is 0 Å². The van der Waals surface area contributed by atoms with E-state index in [1.165, 1.54) is 0 Å². The Morgan fingerprint density at radius 3 is 2.75 bits per heavy atom. The third kappa shape index (κ3) is 2.30. The summed E-state index contributed by atoms with van der Waals surface area (Å²) < 4.78 is 26.2. The molecule has 0 aliphatic carbocycles. The highest BCUT2D eigenvalue weighted by Gasteiger charge is 2.08. The Bertz CT molecular complexity index is 517. The fourth-order valence-corrected chi connectivity index (χ4v) is 1.99. The van der Waals surface area contributed by atoms with E-state index in [0.717, 1.165) is 30.0 Å². The van der Waals surface area contributed by atoms with E-state index >= 15 is 0 Å². The molecule has 0 atom stereocenters. The van der Waals surface area contributed by atoms with Crippen molar-refractivity contribution in [3.05, 3.63) is 48.2 Å². The summed E-state index contributed by atoms with van der Waals surface area (Å²) in [6, 6.07) is 6.61. The van der Waals surface area contributed by atoms with E-state index in [4.69, 9.17) is 5.73 Å². The first-order valence-electron chi connectivity index (χ1n) is 4.50. The number of nitrogen functional groups attached to an aromatic ring is 1. The first-order chi connectivity index (χ1) is 7.66. The topological polar surface area (TPSA) is 38.9 Å². The van der Waals surface area contributed by atoms with Crippen LogP contribution >= 0.6 is 11.8 Å². The van der Waals surface area contributed by atoms with E-state index in [0.29, 0.717) is 10.7 Å². The summed E-state index contributed by atoms with van der Waals surface area (Å²) in [4.78, 5) is 4.16. The molecular weight excluding hydrogens is 230 g/mol. The normalized spacial score (nSPS) is 10.4. The standard InChI is InChI=1S/C11H8F2N2S/c12-7-3-4-8(13)10(6-7)16-11-9(14)2-1-5-15-11/h1-6H,14H2. The zero-order chi connectivity index (χ0) is 11.5. The lowest BCUT2D eigenvalue weighted by Crippen LogP contribution is -1.91. The van der Waals surface area contributed by atoms with Crippen molar-refractivity contribution in [1.29, 1.82) is 0 Å². The molecule has 0 aliphatic heterocycles. The van der Waals surface area contributed by atoms with Crippen molar-refractivity contribution in [1.82, 2.24) is 4.98 Å². The molecule has 16 heavy (non-hydrogen) atoms. The van der Waals surface area contributed by atoms with Crippen LogP contribution in [0.3, 0.4) is 0 Å². The molecular formula is C11H8F2N2S. The van der Waals surface area contributed by atoms with E-state index in [9.17, 15) is 8.78 Å². The van der Waals surface area contributed by atoms with Crippen molar-refractivity contribution in [2.24, 2.45) is 0 Å². The van der Waals surface area contributed by atoms with E-state index in [2.05, 4.69) is 4.98 Å². The highest BCUT2D eigenvalue weighted by atomic mass is 32.2. The molecule has 0 bridgehead atoms. The maximum Gasteiger partial charge on any atom is 0.137 e. The summed E-state index contributed by atoms with van der Waals surface area (Å²) in [5, 5.41) is 0.465. The van der Waals surface area contributed by atoms with Crippen molar-refractivity contribution in [2.75, 3.05) is 5.73 Å². The summed E-state index contributed by atoms with van der Waals surface area (Å²) in [6.07, 6.45) is 1.55. The first-order valence-corrected chi connectivity index (χ1v) is 5.32. The van der Waals surface area contributed by atoms with Gasteiger partial charge in [0.05, 0.1) is 10.6 Å². The van der Waals surface area contributed by atoms with Gasteiger partial charge in [0.25, 0.3) is 0 Å². The van der Waals surface area contributed by atoms with Crippen LogP contribution in [0.15, 0.2) is 46.5 Å². The lowest BCUT2D eigenvalue weighted by molar-refractivity contribution is 0.577. The van der Waals surface area contributed by atoms with Crippen LogP contribution in [-0.2, 0) is 0 Å². The summed E-state index contributed by atoms with van der Waals surface area (Å²) in [5.41, 5.74) is 6.10. The number of nitrogens with zero attached hydrogens (tertiary/aromatic N) is 1. The van der Waals surface area contributed by atoms with Crippen molar-refractivity contribution in [2.45, 2.75) is 9.92 Å². The Hall–Kier alpha value is -1.62. The summed E-state index contributed by atoms with van der Waals surface area (Å²) in [5.74, 6) is -0.977. The molecule has 1 aromatic heterocycles. The highest BCUT2D eigenvalue weighted by molar-refractivity contribution is 7.99. The van der Waals surface area contributed by atoms with Crippen LogP contribution in [0.5, 0.6) is 0 Å². The van der Waals surface area contributed by atoms with Gasteiger partial charge in [-0.25, -0.2) is 13.8 Å². The monoisotopic (exact) mass is 238 g/mol. The van der Waals surface area contributed by atoms with Crippen LogP contribution in [0.2, 0.25) is 0 Å². The van der Waals surface area contributed by atoms with Crippen molar-refractivity contribution in [3.8, 4) is 0 Å². The number of aromatic nitrogens is 1. The number of hydrogen-bond acceptors (Lipinski definition) is 3. The third-order valence-corrected chi connectivity index (χ3v) is 2.97. The third-order valence-electron chi connectivity index (χ3n) is 1.90. The largest absolute Gasteiger partial charge is 0.397 e. The van der Waals surface area contributed by atoms with Crippen LogP contribution in [-0.4, -0.2) is 4.98 Å². The Morgan fingerprint density at radius 1 is 1.19 bits per heavy atom. The molecule has 2 N–H and O–H groups in total. The van der Waals surface area contributed by atoms with Gasteiger partial charge >= 0.3 is 0 Å². The van der Waals surface area contributed by atoms with Crippen molar-refractivity contribution >= 4 is 17.4 Å². The molecule has 0 saturated carbocycles. The van der Waals surface area contributed by atoms with E-state index in [-0.39, 0.29) is 4.90 Å². The van der Waals surface area contributed by atoms with Gasteiger partial charge in [-0.2, -0.15) is 0 Å². The number of anilines is 1. The fraction of sp³-hybridized carbons (Fsp3) is 0. The SMILES string of the molecule is Nc1cccnc1Sc1cc(F)ccc1F. The summed E-state index contributed by atoms with van der Waals surface area (Å²) in [6.45, 7) is 0. The van der Waals surface area contributed by atoms with Crippen LogP contribution in [0, 0.1) is 11.6 Å². The maximum atomic E-state index is 13.3. The van der Waals surface area contributed by atoms with Crippen LogP contribution in [0.1, 0.15) is 0 Å². The lowest BCUT2D eigenvalue weighted by atomic mass is 10.3. The smallest absolute Gasteiger partial charge is 0.137 e. The van der Waals surface area contributed by atoms with Crippen LogP contribution in [0.4, 0.5) is 14.5 Å². The number of nitrogens with two attached hydrogens (primary N) is 1. The van der Waals surface area contributed by atoms with Crippen LogP contribution < -0.4 is 5.73 Å². The molecule has 0 fully saturated rings. The van der Waals surface area contributed by atoms with Gasteiger partial charge in [0.2, 0.25) is 0 Å². The molecule has 0 saturated heterocycles. The lowest BCUT2D eigenvalue weighted by Gasteiger charge is -2.04. The minimum atomic E-state index is -0.489. The van der Waals surface area contributed by atoms with Gasteiger partial charge < -0.3 is 5.73 Å². The molecule has 2 rings (SSSR count). The Morgan fingerprint density at radius 2 is 2.00 bits per heavy atom. The molecule has 82 valence electrons. The predicted molar refractivity (Wildman–Crippen MR) is 59.1 cm³/mol. The number of rotatable bonds is 2. The minimum absolute atomic E-state index is 0.172. The molecule has 2 nitrogen and oxygen atoms in total. The van der Waals surface area contributed by atoms with E-state index < -0.39 is 11.6 Å². The number of halogens is 2. The van der Waals surface area contributed by atoms with Gasteiger partial charge in [0, 0.05) is 6.20 Å². The predicted octanol–water partition coefficient (Wildman–Crippen LogP) is 3.09. The molecule has 5 heteroatoms. The summed E-state index contributed by atoms with van der Waals surface area (Å²) >= 11 is 1.00. The number of pyridine rings is 1. The second kappa shape index (κ2) is 4.49. The second-order valence-electron chi connectivity index (χ2n) is 3.07. The maximum absolute atomic E-state index is 13.3. The van der Waals surface area contributed by atoms with Gasteiger partial charge in [-0.1, -0.05) is 11.8 Å². The molecule has 0 spiro atoms. The first kappa shape index (κ1) is 10.9. The Kier molecular flexibility index (Phi) is 3.05. The molecule has 0 amide bonds. The summed E-state index contributed by atoms with van der Waals surface area (Å²) in [7, 11) is 0. The Labute approximate surface area is 95.5 Å². The second-order valence-corrected chi connectivity index (χ2v) is 4.11. The zero-order valence-corrected chi connectivity index (χ0v) is 8.97. The highest BCUT2D eigenvalue weighted by Crippen LogP contribution is 2.31. The van der Waals surface area contributed by atoms with Gasteiger partial charge in [-0.05, 0) is 30.3 Å². The number of hydrogen-bond donors (Lipinski definition) is 1. The quantitative estimate of drug-likeness (QED) is 0.873. The van der Waals surface area contributed by atoms with Gasteiger partial charge in [-0.3, -0.25) is 0 Å². The molecule has 0 aliphatic rings. The van der Waals surface area contributed by atoms with Gasteiger partial charge in [0.15, 0.2) is 0 Å². The average Bonchev–Trinajstić information content (AvgIpc) is 2.27. The van der Waals surface area contributed by atoms with E-state index in [1.807, 2.05) is 0 Å². The minimum Gasteiger partial charge on any atom is -0.397 e. The van der Waals surface area contributed by atoms with Gasteiger partial charge in [-0.15, -0.1) is 0 Å². The molecule has 1 aromatic carbocycles. The molecule has 0 radical (unpaired) electrons. The zero-order valence-electron chi connectivity index (χ0n) is 8.15. The Balaban J connectivity index is 2.34. The molecule has 0 unspecified atom stereocenters. The number of benzene rings is 1. The fourth-order valence-electron chi connectivity index (χ4n) is 1.15. The molecule has 1 heterocycles. The van der Waals surface area contributed by atoms with Crippen LogP contribution in [0.25, 0.3) is 0 Å². The van der Waals surface area contributed by atoms with E-state index in [1.54, 1.807) is 18.3 Å². The van der Waals surface area contributed by atoms with Gasteiger partial charge in [0.1, 0.15) is 16.7 Å². The molecule has 2 aromatic rings.